The molecule has 3 aromatic rings. The van der Waals surface area contributed by atoms with Gasteiger partial charge >= 0.3 is 6.36 Å². The molecule has 0 unspecified atom stereocenters. The highest BCUT2D eigenvalue weighted by Gasteiger charge is 2.31. The number of aromatic nitrogens is 1. The molecule has 5 nitrogen and oxygen atoms in total. The van der Waals surface area contributed by atoms with Gasteiger partial charge in [0, 0.05) is 11.6 Å². The third-order valence-corrected chi connectivity index (χ3v) is 4.55. The van der Waals surface area contributed by atoms with Crippen LogP contribution in [-0.2, 0) is 0 Å². The number of rotatable bonds is 4. The number of hydrogen-bond acceptors (Lipinski definition) is 5. The van der Waals surface area contributed by atoms with E-state index in [1.54, 1.807) is 13.1 Å². The molecule has 9 heteroatoms. The van der Waals surface area contributed by atoms with Crippen LogP contribution in [0.2, 0.25) is 0 Å². The molecular formula is C16H11F3N2O3S. The van der Waals surface area contributed by atoms with E-state index in [9.17, 15) is 18.0 Å². The Kier molecular flexibility index (Phi) is 4.25. The molecule has 2 heterocycles. The summed E-state index contributed by atoms with van der Waals surface area (Å²) in [6, 6.07) is 4.98. The summed E-state index contributed by atoms with van der Waals surface area (Å²) in [5.41, 5.74) is 6.02. The van der Waals surface area contributed by atoms with Crippen LogP contribution in [0, 0.1) is 6.92 Å². The molecule has 1 aromatic carbocycles. The summed E-state index contributed by atoms with van der Waals surface area (Å²) in [5, 5.41) is 0.685. The highest BCUT2D eigenvalue weighted by molar-refractivity contribution is 7.21. The number of amides is 1. The lowest BCUT2D eigenvalue weighted by molar-refractivity contribution is -0.274. The number of primary amides is 1. The van der Waals surface area contributed by atoms with Crippen LogP contribution < -0.4 is 15.2 Å². The molecule has 0 spiro atoms. The van der Waals surface area contributed by atoms with Gasteiger partial charge in [-0.3, -0.25) is 9.78 Å². The highest BCUT2D eigenvalue weighted by atomic mass is 32.1. The first-order valence-electron chi connectivity index (χ1n) is 6.95. The molecule has 1 amide bonds. The average Bonchev–Trinajstić information content (AvgIpc) is 2.86. The van der Waals surface area contributed by atoms with Gasteiger partial charge in [-0.25, -0.2) is 0 Å². The molecule has 0 bridgehead atoms. The Morgan fingerprint density at radius 2 is 1.80 bits per heavy atom. The lowest BCUT2D eigenvalue weighted by atomic mass is 10.1. The number of carbonyl (C=O) groups excluding carboxylic acids is 1. The molecule has 0 saturated carbocycles. The highest BCUT2D eigenvalue weighted by Crippen LogP contribution is 2.38. The minimum atomic E-state index is -4.75. The zero-order chi connectivity index (χ0) is 18.2. The lowest BCUT2D eigenvalue weighted by Gasteiger charge is -2.10. The van der Waals surface area contributed by atoms with Crippen molar-refractivity contribution in [3.63, 3.8) is 0 Å². The van der Waals surface area contributed by atoms with Gasteiger partial charge in [0.2, 0.25) is 0 Å². The van der Waals surface area contributed by atoms with Gasteiger partial charge in [-0.2, -0.15) is 0 Å². The Morgan fingerprint density at radius 3 is 2.40 bits per heavy atom. The lowest BCUT2D eigenvalue weighted by Crippen LogP contribution is -2.16. The Labute approximate surface area is 143 Å². The van der Waals surface area contributed by atoms with E-state index in [-0.39, 0.29) is 5.75 Å². The predicted octanol–water partition coefficient (Wildman–Crippen LogP) is 4.39. The quantitative estimate of drug-likeness (QED) is 0.741. The fourth-order valence-electron chi connectivity index (χ4n) is 2.32. The van der Waals surface area contributed by atoms with Gasteiger partial charge in [0.15, 0.2) is 5.75 Å². The van der Waals surface area contributed by atoms with Crippen molar-refractivity contribution in [2.75, 3.05) is 0 Å². The van der Waals surface area contributed by atoms with E-state index in [2.05, 4.69) is 9.72 Å². The molecule has 0 aliphatic heterocycles. The van der Waals surface area contributed by atoms with Gasteiger partial charge in [-0.15, -0.1) is 24.5 Å². The maximum Gasteiger partial charge on any atom is 0.573 e. The van der Waals surface area contributed by atoms with Crippen LogP contribution >= 0.6 is 11.3 Å². The van der Waals surface area contributed by atoms with Crippen molar-refractivity contribution in [2.24, 2.45) is 5.73 Å². The molecule has 2 aromatic heterocycles. The van der Waals surface area contributed by atoms with Crippen LogP contribution in [-0.4, -0.2) is 17.3 Å². The third kappa shape index (κ3) is 3.66. The SMILES string of the molecule is Cc1c(C(N)=O)sc2cncc(Oc3ccc(OC(F)(F)F)cc3)c12. The van der Waals surface area contributed by atoms with Gasteiger partial charge in [0.25, 0.3) is 5.91 Å². The van der Waals surface area contributed by atoms with Crippen LogP contribution in [0.5, 0.6) is 17.2 Å². The molecule has 130 valence electrons. The first-order valence-corrected chi connectivity index (χ1v) is 7.77. The number of carbonyl (C=O) groups is 1. The summed E-state index contributed by atoms with van der Waals surface area (Å²) in [4.78, 5) is 15.9. The van der Waals surface area contributed by atoms with Crippen molar-refractivity contribution in [1.29, 1.82) is 0 Å². The average molecular weight is 368 g/mol. The minimum Gasteiger partial charge on any atom is -0.455 e. The molecule has 0 saturated heterocycles. The van der Waals surface area contributed by atoms with Gasteiger partial charge in [-0.1, -0.05) is 0 Å². The van der Waals surface area contributed by atoms with Gasteiger partial charge < -0.3 is 15.2 Å². The van der Waals surface area contributed by atoms with Crippen LogP contribution in [0.1, 0.15) is 15.2 Å². The second-order valence-corrected chi connectivity index (χ2v) is 6.10. The summed E-state index contributed by atoms with van der Waals surface area (Å²) >= 11 is 1.20. The van der Waals surface area contributed by atoms with E-state index >= 15 is 0 Å². The second kappa shape index (κ2) is 6.25. The molecule has 0 aliphatic rings. The Balaban J connectivity index is 1.92. The van der Waals surface area contributed by atoms with E-state index in [1.165, 1.54) is 29.7 Å². The summed E-state index contributed by atoms with van der Waals surface area (Å²) in [6.07, 6.45) is -1.70. The zero-order valence-electron chi connectivity index (χ0n) is 12.8. The van der Waals surface area contributed by atoms with Crippen molar-refractivity contribution in [2.45, 2.75) is 13.3 Å². The summed E-state index contributed by atoms with van der Waals surface area (Å²) < 4.78 is 46.8. The fourth-order valence-corrected chi connectivity index (χ4v) is 3.36. The number of benzene rings is 1. The van der Waals surface area contributed by atoms with Crippen molar-refractivity contribution in [1.82, 2.24) is 4.98 Å². The van der Waals surface area contributed by atoms with Crippen molar-refractivity contribution >= 4 is 27.3 Å². The molecule has 0 fully saturated rings. The zero-order valence-corrected chi connectivity index (χ0v) is 13.6. The topological polar surface area (TPSA) is 74.4 Å². The molecule has 0 atom stereocenters. The molecule has 0 radical (unpaired) electrons. The Morgan fingerprint density at radius 1 is 1.16 bits per heavy atom. The van der Waals surface area contributed by atoms with Crippen molar-refractivity contribution < 1.29 is 27.4 Å². The summed E-state index contributed by atoms with van der Waals surface area (Å²) in [6.45, 7) is 1.74. The number of aryl methyl sites for hydroxylation is 1. The molecule has 2 N–H and O–H groups in total. The Hall–Kier alpha value is -2.81. The van der Waals surface area contributed by atoms with Gasteiger partial charge in [0.05, 0.1) is 15.8 Å². The fraction of sp³-hybridized carbons (Fsp3) is 0.125. The molecule has 25 heavy (non-hydrogen) atoms. The van der Waals surface area contributed by atoms with E-state index in [0.29, 0.717) is 27.3 Å². The third-order valence-electron chi connectivity index (χ3n) is 3.31. The summed E-state index contributed by atoms with van der Waals surface area (Å²) in [7, 11) is 0. The smallest absolute Gasteiger partial charge is 0.455 e. The number of nitrogens with zero attached hydrogens (tertiary/aromatic N) is 1. The van der Waals surface area contributed by atoms with E-state index in [4.69, 9.17) is 10.5 Å². The van der Waals surface area contributed by atoms with Crippen LogP contribution in [0.15, 0.2) is 36.7 Å². The van der Waals surface area contributed by atoms with Gasteiger partial charge in [-0.05, 0) is 36.8 Å². The number of alkyl halides is 3. The molecule has 0 aliphatic carbocycles. The van der Waals surface area contributed by atoms with Crippen molar-refractivity contribution in [3.8, 4) is 17.2 Å². The van der Waals surface area contributed by atoms with E-state index in [1.807, 2.05) is 0 Å². The molecule has 3 rings (SSSR count). The number of ether oxygens (including phenoxy) is 2. The second-order valence-electron chi connectivity index (χ2n) is 5.05. The number of thiophene rings is 1. The minimum absolute atomic E-state index is 0.301. The summed E-state index contributed by atoms with van der Waals surface area (Å²) in [5.74, 6) is -0.212. The van der Waals surface area contributed by atoms with Crippen LogP contribution in [0.3, 0.4) is 0 Å². The molecular weight excluding hydrogens is 357 g/mol. The standard InChI is InChI=1S/C16H11F3N2O3S/c1-8-13-11(6-21-7-12(13)25-14(8)15(20)22)23-9-2-4-10(5-3-9)24-16(17,18)19/h2-7H,1H3,(H2,20,22). The number of hydrogen-bond donors (Lipinski definition) is 1. The van der Waals surface area contributed by atoms with Gasteiger partial charge in [0.1, 0.15) is 11.5 Å². The van der Waals surface area contributed by atoms with Crippen LogP contribution in [0.4, 0.5) is 13.2 Å². The van der Waals surface area contributed by atoms with Crippen LogP contribution in [0.25, 0.3) is 10.1 Å². The maximum absolute atomic E-state index is 12.2. The van der Waals surface area contributed by atoms with E-state index in [0.717, 1.165) is 16.8 Å². The number of nitrogens with two attached hydrogens (primary N) is 1. The largest absolute Gasteiger partial charge is 0.573 e. The monoisotopic (exact) mass is 368 g/mol. The maximum atomic E-state index is 12.2. The normalized spacial score (nSPS) is 11.5. The first-order chi connectivity index (χ1) is 11.7. The number of halogens is 3. The number of pyridine rings is 1. The Bertz CT molecular complexity index is 936. The first kappa shape index (κ1) is 17.0. The number of fused-ring (bicyclic) bond motifs is 1. The van der Waals surface area contributed by atoms with Crippen molar-refractivity contribution in [3.05, 3.63) is 47.1 Å². The van der Waals surface area contributed by atoms with E-state index < -0.39 is 12.3 Å². The predicted molar refractivity (Wildman–Crippen MR) is 86.1 cm³/mol.